The molecule has 2 rings (SSSR count). The molecule has 0 radical (unpaired) electrons. The zero-order valence-corrected chi connectivity index (χ0v) is 7.87. The summed E-state index contributed by atoms with van der Waals surface area (Å²) in [7, 11) is 0. The highest BCUT2D eigenvalue weighted by molar-refractivity contribution is 5.95. The lowest BCUT2D eigenvalue weighted by Crippen LogP contribution is -2.48. The summed E-state index contributed by atoms with van der Waals surface area (Å²) in [5, 5.41) is 6.60. The molecule has 2 heterocycles. The van der Waals surface area contributed by atoms with Crippen LogP contribution in [0.15, 0.2) is 6.20 Å². The van der Waals surface area contributed by atoms with E-state index in [9.17, 15) is 4.79 Å². The van der Waals surface area contributed by atoms with Crippen LogP contribution in [0.5, 0.6) is 0 Å². The number of aromatic nitrogens is 2. The van der Waals surface area contributed by atoms with Crippen LogP contribution in [0.4, 0.5) is 0 Å². The second-order valence-corrected chi connectivity index (χ2v) is 3.72. The maximum absolute atomic E-state index is 11.7. The molecule has 1 saturated heterocycles. The number of hydrogen-bond acceptors (Lipinski definition) is 2. The van der Waals surface area contributed by atoms with Crippen LogP contribution in [0.25, 0.3) is 0 Å². The highest BCUT2D eigenvalue weighted by atomic mass is 16.2. The Morgan fingerprint density at radius 2 is 2.38 bits per heavy atom. The molecule has 0 spiro atoms. The fourth-order valence-corrected chi connectivity index (χ4v) is 1.60. The van der Waals surface area contributed by atoms with Crippen molar-refractivity contribution >= 4 is 5.91 Å². The smallest absolute Gasteiger partial charge is 0.257 e. The standard InChI is InChI=1S/C9H13N3O/c1-6-4-12(5-6)9(13)8-3-10-11-7(8)2/h3,6H,4-5H2,1-2H3,(H,10,11). The summed E-state index contributed by atoms with van der Waals surface area (Å²) in [5.74, 6) is 0.750. The molecule has 1 aliphatic rings. The van der Waals surface area contributed by atoms with E-state index in [2.05, 4.69) is 17.1 Å². The largest absolute Gasteiger partial charge is 0.338 e. The van der Waals surface area contributed by atoms with Crippen molar-refractivity contribution in [1.29, 1.82) is 0 Å². The normalized spacial score (nSPS) is 17.2. The zero-order valence-electron chi connectivity index (χ0n) is 7.87. The quantitative estimate of drug-likeness (QED) is 0.693. The number of hydrogen-bond donors (Lipinski definition) is 1. The van der Waals surface area contributed by atoms with Crippen molar-refractivity contribution < 1.29 is 4.79 Å². The maximum atomic E-state index is 11.7. The topological polar surface area (TPSA) is 49.0 Å². The number of nitrogens with zero attached hydrogens (tertiary/aromatic N) is 2. The van der Waals surface area contributed by atoms with Crippen molar-refractivity contribution in [3.05, 3.63) is 17.5 Å². The predicted molar refractivity (Wildman–Crippen MR) is 48.4 cm³/mol. The number of rotatable bonds is 1. The fraction of sp³-hybridized carbons (Fsp3) is 0.556. The average molecular weight is 179 g/mol. The van der Waals surface area contributed by atoms with Gasteiger partial charge in [-0.25, -0.2) is 0 Å². The van der Waals surface area contributed by atoms with E-state index in [0.29, 0.717) is 11.5 Å². The first-order chi connectivity index (χ1) is 6.18. The van der Waals surface area contributed by atoms with Crippen molar-refractivity contribution in [2.45, 2.75) is 13.8 Å². The predicted octanol–water partition coefficient (Wildman–Crippen LogP) is 0.810. The number of likely N-dealkylation sites (tertiary alicyclic amines) is 1. The number of carbonyl (C=O) groups is 1. The molecule has 4 heteroatoms. The molecule has 1 fully saturated rings. The van der Waals surface area contributed by atoms with E-state index >= 15 is 0 Å². The first kappa shape index (κ1) is 8.29. The Morgan fingerprint density at radius 1 is 1.69 bits per heavy atom. The molecule has 0 aromatic carbocycles. The monoisotopic (exact) mass is 179 g/mol. The van der Waals surface area contributed by atoms with E-state index in [0.717, 1.165) is 18.8 Å². The van der Waals surface area contributed by atoms with Gasteiger partial charge in [0.15, 0.2) is 0 Å². The summed E-state index contributed by atoms with van der Waals surface area (Å²) in [6.45, 7) is 5.77. The highest BCUT2D eigenvalue weighted by Crippen LogP contribution is 2.18. The molecule has 0 atom stereocenters. The third-order valence-electron chi connectivity index (χ3n) is 2.41. The molecule has 0 saturated carbocycles. The van der Waals surface area contributed by atoms with E-state index in [1.165, 1.54) is 0 Å². The Morgan fingerprint density at radius 3 is 2.85 bits per heavy atom. The van der Waals surface area contributed by atoms with Gasteiger partial charge in [-0.3, -0.25) is 9.89 Å². The zero-order chi connectivity index (χ0) is 9.42. The summed E-state index contributed by atoms with van der Waals surface area (Å²) >= 11 is 0. The van der Waals surface area contributed by atoms with Crippen molar-refractivity contribution in [1.82, 2.24) is 15.1 Å². The molecular weight excluding hydrogens is 166 g/mol. The number of amides is 1. The Bertz CT molecular complexity index is 325. The molecule has 0 aliphatic carbocycles. The number of aromatic amines is 1. The molecular formula is C9H13N3O. The molecule has 4 nitrogen and oxygen atoms in total. The molecule has 0 unspecified atom stereocenters. The van der Waals surface area contributed by atoms with Crippen molar-refractivity contribution in [3.8, 4) is 0 Å². The molecule has 1 aromatic heterocycles. The third-order valence-corrected chi connectivity index (χ3v) is 2.41. The molecule has 1 aromatic rings. The van der Waals surface area contributed by atoms with E-state index < -0.39 is 0 Å². The molecule has 13 heavy (non-hydrogen) atoms. The van der Waals surface area contributed by atoms with Gasteiger partial charge in [0.25, 0.3) is 5.91 Å². The Balaban J connectivity index is 2.10. The van der Waals surface area contributed by atoms with Gasteiger partial charge in [-0.05, 0) is 12.8 Å². The lowest BCUT2D eigenvalue weighted by Gasteiger charge is -2.37. The lowest BCUT2D eigenvalue weighted by molar-refractivity contribution is 0.0529. The summed E-state index contributed by atoms with van der Waals surface area (Å²) in [4.78, 5) is 13.6. The van der Waals surface area contributed by atoms with Crippen LogP contribution in [0.2, 0.25) is 0 Å². The van der Waals surface area contributed by atoms with Crippen molar-refractivity contribution in [3.63, 3.8) is 0 Å². The van der Waals surface area contributed by atoms with E-state index in [4.69, 9.17) is 0 Å². The van der Waals surface area contributed by atoms with Gasteiger partial charge in [0, 0.05) is 18.8 Å². The summed E-state index contributed by atoms with van der Waals surface area (Å²) in [6.07, 6.45) is 1.60. The minimum atomic E-state index is 0.101. The van der Waals surface area contributed by atoms with Gasteiger partial charge in [-0.1, -0.05) is 6.92 Å². The molecule has 1 aliphatic heterocycles. The van der Waals surface area contributed by atoms with Gasteiger partial charge in [0.2, 0.25) is 0 Å². The fourth-order valence-electron chi connectivity index (χ4n) is 1.60. The number of H-pyrrole nitrogens is 1. The first-order valence-electron chi connectivity index (χ1n) is 4.47. The maximum Gasteiger partial charge on any atom is 0.257 e. The van der Waals surface area contributed by atoms with Crippen LogP contribution in [0.3, 0.4) is 0 Å². The van der Waals surface area contributed by atoms with Crippen LogP contribution in [-0.4, -0.2) is 34.1 Å². The van der Waals surface area contributed by atoms with Gasteiger partial charge in [-0.15, -0.1) is 0 Å². The SMILES string of the molecule is Cc1[nH]ncc1C(=O)N1CC(C)C1. The van der Waals surface area contributed by atoms with Crippen LogP contribution in [-0.2, 0) is 0 Å². The van der Waals surface area contributed by atoms with Crippen LogP contribution in [0.1, 0.15) is 23.0 Å². The summed E-state index contributed by atoms with van der Waals surface area (Å²) in [5.41, 5.74) is 1.55. The summed E-state index contributed by atoms with van der Waals surface area (Å²) < 4.78 is 0. The van der Waals surface area contributed by atoms with Gasteiger partial charge in [0.05, 0.1) is 11.8 Å². The van der Waals surface area contributed by atoms with E-state index in [1.807, 2.05) is 11.8 Å². The number of aryl methyl sites for hydroxylation is 1. The first-order valence-corrected chi connectivity index (χ1v) is 4.47. The minimum absolute atomic E-state index is 0.101. The second-order valence-electron chi connectivity index (χ2n) is 3.72. The number of carbonyl (C=O) groups excluding carboxylic acids is 1. The highest BCUT2D eigenvalue weighted by Gasteiger charge is 2.28. The van der Waals surface area contributed by atoms with E-state index in [-0.39, 0.29) is 5.91 Å². The van der Waals surface area contributed by atoms with Gasteiger partial charge >= 0.3 is 0 Å². The second kappa shape index (κ2) is 2.87. The van der Waals surface area contributed by atoms with Crippen LogP contribution < -0.4 is 0 Å². The minimum Gasteiger partial charge on any atom is -0.338 e. The Hall–Kier alpha value is -1.32. The Labute approximate surface area is 76.9 Å². The van der Waals surface area contributed by atoms with E-state index in [1.54, 1.807) is 6.20 Å². The van der Waals surface area contributed by atoms with Crippen LogP contribution >= 0.6 is 0 Å². The molecule has 1 amide bonds. The van der Waals surface area contributed by atoms with Crippen LogP contribution in [0, 0.1) is 12.8 Å². The average Bonchev–Trinajstić information content (AvgIpc) is 2.44. The number of nitrogens with one attached hydrogen (secondary N) is 1. The molecule has 70 valence electrons. The van der Waals surface area contributed by atoms with Crippen molar-refractivity contribution in [2.24, 2.45) is 5.92 Å². The molecule has 0 bridgehead atoms. The third kappa shape index (κ3) is 1.32. The summed E-state index contributed by atoms with van der Waals surface area (Å²) in [6, 6.07) is 0. The Kier molecular flexibility index (Phi) is 1.83. The molecule has 1 N–H and O–H groups in total. The van der Waals surface area contributed by atoms with Gasteiger partial charge < -0.3 is 4.90 Å². The lowest BCUT2D eigenvalue weighted by atomic mass is 10.0. The van der Waals surface area contributed by atoms with Gasteiger partial charge in [-0.2, -0.15) is 5.10 Å². The van der Waals surface area contributed by atoms with Gasteiger partial charge in [0.1, 0.15) is 0 Å². The van der Waals surface area contributed by atoms with Crippen molar-refractivity contribution in [2.75, 3.05) is 13.1 Å².